The monoisotopic (exact) mass is 321 g/mol. The Morgan fingerprint density at radius 3 is 2.39 bits per heavy atom. The van der Waals surface area contributed by atoms with E-state index < -0.39 is 11.7 Å². The van der Waals surface area contributed by atoms with E-state index in [4.69, 9.17) is 4.74 Å². The molecule has 0 aliphatic heterocycles. The lowest BCUT2D eigenvalue weighted by atomic mass is 10.1. The Hall–Kier alpha value is -1.75. The molecule has 5 heteroatoms. The molecule has 130 valence electrons. The van der Waals surface area contributed by atoms with Crippen LogP contribution in [0, 0.1) is 0 Å². The summed E-state index contributed by atoms with van der Waals surface area (Å²) in [6.45, 7) is 14.2. The molecule has 0 aliphatic rings. The summed E-state index contributed by atoms with van der Waals surface area (Å²) in [6.07, 6.45) is -0.398. The van der Waals surface area contributed by atoms with Crippen molar-refractivity contribution in [2.24, 2.45) is 0 Å². The number of carbonyl (C=O) groups is 1. The molecule has 23 heavy (non-hydrogen) atoms. The summed E-state index contributed by atoms with van der Waals surface area (Å²) >= 11 is 0. The van der Waals surface area contributed by atoms with Gasteiger partial charge in [0.15, 0.2) is 0 Å². The number of benzene rings is 1. The maximum absolute atomic E-state index is 11.7. The molecular weight excluding hydrogens is 290 g/mol. The molecule has 0 saturated carbocycles. The zero-order chi connectivity index (χ0) is 17.5. The van der Waals surface area contributed by atoms with Crippen LogP contribution >= 0.6 is 0 Å². The van der Waals surface area contributed by atoms with Gasteiger partial charge in [-0.3, -0.25) is 0 Å². The first-order valence-corrected chi connectivity index (χ1v) is 8.10. The SMILES string of the molecule is CC(C)(C)NCCNc1cccc(CNC(=O)OC(C)(C)C)c1. The third-order valence-electron chi connectivity index (χ3n) is 2.87. The lowest BCUT2D eigenvalue weighted by Gasteiger charge is -2.21. The molecule has 0 radical (unpaired) electrons. The van der Waals surface area contributed by atoms with Gasteiger partial charge in [-0.15, -0.1) is 0 Å². The number of amides is 1. The largest absolute Gasteiger partial charge is 0.444 e. The highest BCUT2D eigenvalue weighted by Gasteiger charge is 2.15. The van der Waals surface area contributed by atoms with Gasteiger partial charge >= 0.3 is 6.09 Å². The minimum atomic E-state index is -0.479. The Kier molecular flexibility index (Phi) is 6.88. The molecule has 0 fully saturated rings. The zero-order valence-corrected chi connectivity index (χ0v) is 15.2. The van der Waals surface area contributed by atoms with Crippen LogP contribution in [0.2, 0.25) is 0 Å². The Balaban J connectivity index is 2.40. The van der Waals surface area contributed by atoms with Crippen LogP contribution in [0.3, 0.4) is 0 Å². The molecule has 1 rings (SSSR count). The summed E-state index contributed by atoms with van der Waals surface area (Å²) in [5.74, 6) is 0. The number of nitrogens with one attached hydrogen (secondary N) is 3. The fourth-order valence-electron chi connectivity index (χ4n) is 1.92. The average Bonchev–Trinajstić information content (AvgIpc) is 2.39. The first-order chi connectivity index (χ1) is 10.6. The molecule has 0 saturated heterocycles. The number of ether oxygens (including phenoxy) is 1. The van der Waals surface area contributed by atoms with Crippen molar-refractivity contribution in [2.75, 3.05) is 18.4 Å². The van der Waals surface area contributed by atoms with Gasteiger partial charge in [-0.2, -0.15) is 0 Å². The minimum Gasteiger partial charge on any atom is -0.444 e. The highest BCUT2D eigenvalue weighted by molar-refractivity contribution is 5.67. The van der Waals surface area contributed by atoms with Crippen LogP contribution < -0.4 is 16.0 Å². The number of rotatable bonds is 6. The predicted octanol–water partition coefficient (Wildman–Crippen LogP) is 3.51. The number of anilines is 1. The van der Waals surface area contributed by atoms with Crippen LogP contribution in [0.25, 0.3) is 0 Å². The van der Waals surface area contributed by atoms with Crippen molar-refractivity contribution in [1.82, 2.24) is 10.6 Å². The maximum Gasteiger partial charge on any atom is 0.407 e. The predicted molar refractivity (Wildman–Crippen MR) is 95.8 cm³/mol. The standard InChI is InChI=1S/C18H31N3O2/c1-17(2,3)21-11-10-19-15-9-7-8-14(12-15)13-20-16(22)23-18(4,5)6/h7-9,12,19,21H,10-11,13H2,1-6H3,(H,20,22). The summed E-state index contributed by atoms with van der Waals surface area (Å²) in [4.78, 5) is 11.7. The van der Waals surface area contributed by atoms with Crippen LogP contribution in [0.1, 0.15) is 47.1 Å². The van der Waals surface area contributed by atoms with E-state index >= 15 is 0 Å². The van der Waals surface area contributed by atoms with Gasteiger partial charge in [-0.25, -0.2) is 4.79 Å². The molecule has 0 aliphatic carbocycles. The third kappa shape index (κ3) is 9.79. The molecule has 1 amide bonds. The molecule has 1 aromatic rings. The van der Waals surface area contributed by atoms with E-state index in [2.05, 4.69) is 36.7 Å². The van der Waals surface area contributed by atoms with Crippen LogP contribution in [0.5, 0.6) is 0 Å². The molecule has 0 aromatic heterocycles. The Bertz CT molecular complexity index is 502. The van der Waals surface area contributed by atoms with Crippen molar-refractivity contribution in [3.63, 3.8) is 0 Å². The quantitative estimate of drug-likeness (QED) is 0.702. The van der Waals surface area contributed by atoms with Crippen LogP contribution in [0.4, 0.5) is 10.5 Å². The topological polar surface area (TPSA) is 62.4 Å². The first-order valence-electron chi connectivity index (χ1n) is 8.10. The number of carbonyl (C=O) groups excluding carboxylic acids is 1. The van der Waals surface area contributed by atoms with Gasteiger partial charge in [0.2, 0.25) is 0 Å². The second-order valence-electron chi connectivity index (χ2n) is 7.66. The summed E-state index contributed by atoms with van der Waals surface area (Å²) < 4.78 is 5.23. The maximum atomic E-state index is 11.7. The fraction of sp³-hybridized carbons (Fsp3) is 0.611. The molecule has 0 heterocycles. The van der Waals surface area contributed by atoms with Crippen molar-refractivity contribution in [1.29, 1.82) is 0 Å². The molecule has 3 N–H and O–H groups in total. The summed E-state index contributed by atoms with van der Waals surface area (Å²) in [6, 6.07) is 8.02. The second-order valence-corrected chi connectivity index (χ2v) is 7.66. The van der Waals surface area contributed by atoms with Gasteiger partial charge in [0, 0.05) is 30.9 Å². The fourth-order valence-corrected chi connectivity index (χ4v) is 1.92. The van der Waals surface area contributed by atoms with E-state index in [1.54, 1.807) is 0 Å². The molecule has 0 bridgehead atoms. The highest BCUT2D eigenvalue weighted by atomic mass is 16.6. The van der Waals surface area contributed by atoms with E-state index in [9.17, 15) is 4.79 Å². The van der Waals surface area contributed by atoms with E-state index in [1.165, 1.54) is 0 Å². The Morgan fingerprint density at radius 2 is 1.78 bits per heavy atom. The van der Waals surface area contributed by atoms with Crippen LogP contribution in [-0.4, -0.2) is 30.3 Å². The van der Waals surface area contributed by atoms with Crippen molar-refractivity contribution < 1.29 is 9.53 Å². The van der Waals surface area contributed by atoms with Crippen molar-refractivity contribution >= 4 is 11.8 Å². The van der Waals surface area contributed by atoms with Gasteiger partial charge in [0.1, 0.15) is 5.60 Å². The molecular formula is C18H31N3O2. The molecule has 0 atom stereocenters. The normalized spacial score (nSPS) is 11.9. The van der Waals surface area contributed by atoms with Crippen molar-refractivity contribution in [3.8, 4) is 0 Å². The van der Waals surface area contributed by atoms with E-state index in [-0.39, 0.29) is 5.54 Å². The van der Waals surface area contributed by atoms with Gasteiger partial charge in [0.25, 0.3) is 0 Å². The van der Waals surface area contributed by atoms with E-state index in [0.29, 0.717) is 6.54 Å². The van der Waals surface area contributed by atoms with E-state index in [0.717, 1.165) is 24.3 Å². The summed E-state index contributed by atoms with van der Waals surface area (Å²) in [5.41, 5.74) is 1.72. The van der Waals surface area contributed by atoms with Gasteiger partial charge < -0.3 is 20.7 Å². The van der Waals surface area contributed by atoms with Gasteiger partial charge in [-0.05, 0) is 59.2 Å². The summed E-state index contributed by atoms with van der Waals surface area (Å²) in [5, 5.41) is 9.58. The lowest BCUT2D eigenvalue weighted by Crippen LogP contribution is -2.38. The van der Waals surface area contributed by atoms with Gasteiger partial charge in [0.05, 0.1) is 0 Å². The van der Waals surface area contributed by atoms with Gasteiger partial charge in [-0.1, -0.05) is 12.1 Å². The third-order valence-corrected chi connectivity index (χ3v) is 2.87. The second kappa shape index (κ2) is 8.20. The minimum absolute atomic E-state index is 0.126. The first kappa shape index (κ1) is 19.3. The zero-order valence-electron chi connectivity index (χ0n) is 15.2. The Labute approximate surface area is 140 Å². The molecule has 5 nitrogen and oxygen atoms in total. The van der Waals surface area contributed by atoms with Crippen LogP contribution in [-0.2, 0) is 11.3 Å². The average molecular weight is 321 g/mol. The Morgan fingerprint density at radius 1 is 1.09 bits per heavy atom. The van der Waals surface area contributed by atoms with E-state index in [1.807, 2.05) is 45.0 Å². The van der Waals surface area contributed by atoms with Crippen molar-refractivity contribution in [3.05, 3.63) is 29.8 Å². The van der Waals surface area contributed by atoms with Crippen molar-refractivity contribution in [2.45, 2.75) is 59.2 Å². The number of hydrogen-bond donors (Lipinski definition) is 3. The summed E-state index contributed by atoms with van der Waals surface area (Å²) in [7, 11) is 0. The number of alkyl carbamates (subject to hydrolysis) is 1. The molecule has 1 aromatic carbocycles. The molecule has 0 spiro atoms. The highest BCUT2D eigenvalue weighted by Crippen LogP contribution is 2.11. The number of hydrogen-bond acceptors (Lipinski definition) is 4. The molecule has 0 unspecified atom stereocenters. The smallest absolute Gasteiger partial charge is 0.407 e. The lowest BCUT2D eigenvalue weighted by molar-refractivity contribution is 0.0523. The van der Waals surface area contributed by atoms with Crippen LogP contribution in [0.15, 0.2) is 24.3 Å².